The van der Waals surface area contributed by atoms with Gasteiger partial charge in [0, 0.05) is 24.7 Å². The van der Waals surface area contributed by atoms with Gasteiger partial charge in [-0.3, -0.25) is 0 Å². The Kier molecular flexibility index (Phi) is 9.94. The van der Waals surface area contributed by atoms with Gasteiger partial charge in [-0.25, -0.2) is 4.99 Å². The van der Waals surface area contributed by atoms with Crippen molar-refractivity contribution in [2.75, 3.05) is 34.4 Å². The Balaban J connectivity index is 2.10. The van der Waals surface area contributed by atoms with Crippen molar-refractivity contribution < 1.29 is 24.1 Å². The standard InChI is InChI=1S/C24H35N3O5/c1-7-25-24(26-14-18-12-22(30-5)23(31-6)13-21(18)29-4)27-15-20(28)17-9-8-10-19(11-17)32-16(2)3/h8-13,16,20,28H,7,14-15H2,1-6H3,(H2,25,26,27). The second-order valence-corrected chi connectivity index (χ2v) is 7.35. The molecule has 0 aliphatic carbocycles. The topological polar surface area (TPSA) is 93.6 Å². The fraction of sp³-hybridized carbons (Fsp3) is 0.458. The van der Waals surface area contributed by atoms with Crippen molar-refractivity contribution >= 4 is 5.96 Å². The summed E-state index contributed by atoms with van der Waals surface area (Å²) >= 11 is 0. The quantitative estimate of drug-likeness (QED) is 0.361. The van der Waals surface area contributed by atoms with Gasteiger partial charge < -0.3 is 34.7 Å². The lowest BCUT2D eigenvalue weighted by Crippen LogP contribution is -2.39. The minimum Gasteiger partial charge on any atom is -0.496 e. The number of nitrogens with zero attached hydrogens (tertiary/aromatic N) is 1. The minimum absolute atomic E-state index is 0.0709. The summed E-state index contributed by atoms with van der Waals surface area (Å²) in [4.78, 5) is 4.63. The first kappa shape index (κ1) is 25.1. The normalized spacial score (nSPS) is 12.3. The van der Waals surface area contributed by atoms with Crippen LogP contribution in [-0.4, -0.2) is 51.6 Å². The summed E-state index contributed by atoms with van der Waals surface area (Å²) < 4.78 is 21.9. The number of benzene rings is 2. The molecule has 0 aliphatic rings. The summed E-state index contributed by atoms with van der Waals surface area (Å²) in [6.45, 7) is 7.25. The Hall–Kier alpha value is -3.13. The zero-order valence-electron chi connectivity index (χ0n) is 19.8. The van der Waals surface area contributed by atoms with E-state index < -0.39 is 6.10 Å². The van der Waals surface area contributed by atoms with Gasteiger partial charge in [-0.1, -0.05) is 12.1 Å². The van der Waals surface area contributed by atoms with E-state index in [4.69, 9.17) is 18.9 Å². The summed E-state index contributed by atoms with van der Waals surface area (Å²) in [5, 5.41) is 17.0. The van der Waals surface area contributed by atoms with Crippen LogP contribution >= 0.6 is 0 Å². The van der Waals surface area contributed by atoms with E-state index >= 15 is 0 Å². The number of hydrogen-bond acceptors (Lipinski definition) is 6. The first-order valence-electron chi connectivity index (χ1n) is 10.7. The maximum absolute atomic E-state index is 10.6. The molecular formula is C24H35N3O5. The number of methoxy groups -OCH3 is 3. The van der Waals surface area contributed by atoms with Crippen LogP contribution in [0.3, 0.4) is 0 Å². The zero-order valence-corrected chi connectivity index (χ0v) is 19.8. The van der Waals surface area contributed by atoms with Crippen molar-refractivity contribution in [2.45, 2.75) is 39.5 Å². The molecular weight excluding hydrogens is 410 g/mol. The van der Waals surface area contributed by atoms with Crippen molar-refractivity contribution in [1.29, 1.82) is 0 Å². The highest BCUT2D eigenvalue weighted by Gasteiger charge is 2.13. The number of ether oxygens (including phenoxy) is 4. The molecule has 0 heterocycles. The molecule has 0 spiro atoms. The smallest absolute Gasteiger partial charge is 0.191 e. The maximum Gasteiger partial charge on any atom is 0.191 e. The second kappa shape index (κ2) is 12.7. The lowest BCUT2D eigenvalue weighted by molar-refractivity contribution is 0.179. The summed E-state index contributed by atoms with van der Waals surface area (Å²) in [5.74, 6) is 3.17. The van der Waals surface area contributed by atoms with Crippen LogP contribution in [0.2, 0.25) is 0 Å². The summed E-state index contributed by atoms with van der Waals surface area (Å²) in [6.07, 6.45) is -0.647. The molecule has 8 heteroatoms. The second-order valence-electron chi connectivity index (χ2n) is 7.35. The zero-order chi connectivity index (χ0) is 23.5. The van der Waals surface area contributed by atoms with Crippen LogP contribution in [0.4, 0.5) is 0 Å². The molecule has 0 saturated carbocycles. The van der Waals surface area contributed by atoms with Crippen LogP contribution in [0.25, 0.3) is 0 Å². The monoisotopic (exact) mass is 445 g/mol. The third kappa shape index (κ3) is 7.23. The van der Waals surface area contributed by atoms with Gasteiger partial charge in [0.1, 0.15) is 11.5 Å². The van der Waals surface area contributed by atoms with Gasteiger partial charge in [0.2, 0.25) is 0 Å². The first-order valence-corrected chi connectivity index (χ1v) is 10.7. The third-order valence-corrected chi connectivity index (χ3v) is 4.62. The molecule has 0 amide bonds. The van der Waals surface area contributed by atoms with Crippen molar-refractivity contribution in [2.24, 2.45) is 4.99 Å². The molecule has 1 unspecified atom stereocenters. The van der Waals surface area contributed by atoms with Gasteiger partial charge >= 0.3 is 0 Å². The van der Waals surface area contributed by atoms with Crippen LogP contribution in [0, 0.1) is 0 Å². The van der Waals surface area contributed by atoms with E-state index in [1.807, 2.05) is 51.1 Å². The van der Waals surface area contributed by atoms with E-state index in [1.165, 1.54) is 0 Å². The average Bonchev–Trinajstić information content (AvgIpc) is 2.79. The van der Waals surface area contributed by atoms with Gasteiger partial charge in [0.25, 0.3) is 0 Å². The van der Waals surface area contributed by atoms with Gasteiger partial charge in [-0.05, 0) is 44.5 Å². The number of aliphatic hydroxyl groups excluding tert-OH is 1. The molecule has 2 aromatic carbocycles. The van der Waals surface area contributed by atoms with Crippen LogP contribution in [0.1, 0.15) is 38.0 Å². The largest absolute Gasteiger partial charge is 0.496 e. The molecule has 3 N–H and O–H groups in total. The van der Waals surface area contributed by atoms with Crippen LogP contribution in [0.5, 0.6) is 23.0 Å². The lowest BCUT2D eigenvalue weighted by Gasteiger charge is -2.17. The number of hydrogen-bond donors (Lipinski definition) is 3. The van der Waals surface area contributed by atoms with Gasteiger partial charge in [-0.15, -0.1) is 0 Å². The Morgan fingerprint density at radius 1 is 0.969 bits per heavy atom. The highest BCUT2D eigenvalue weighted by molar-refractivity contribution is 5.79. The van der Waals surface area contributed by atoms with Crippen LogP contribution < -0.4 is 29.6 Å². The maximum atomic E-state index is 10.6. The van der Waals surface area contributed by atoms with Gasteiger partial charge in [0.05, 0.1) is 40.1 Å². The van der Waals surface area contributed by atoms with Crippen LogP contribution in [0.15, 0.2) is 41.4 Å². The van der Waals surface area contributed by atoms with E-state index in [-0.39, 0.29) is 6.10 Å². The molecule has 1 atom stereocenters. The fourth-order valence-corrected chi connectivity index (χ4v) is 3.10. The van der Waals surface area contributed by atoms with Crippen molar-refractivity contribution in [3.63, 3.8) is 0 Å². The number of guanidine groups is 1. The number of nitrogens with one attached hydrogen (secondary N) is 2. The van der Waals surface area contributed by atoms with Crippen molar-refractivity contribution in [1.82, 2.24) is 10.6 Å². The first-order chi connectivity index (χ1) is 15.4. The van der Waals surface area contributed by atoms with Gasteiger partial charge in [0.15, 0.2) is 17.5 Å². The highest BCUT2D eigenvalue weighted by atomic mass is 16.5. The lowest BCUT2D eigenvalue weighted by atomic mass is 10.1. The molecule has 0 saturated heterocycles. The SMILES string of the molecule is CCNC(=NCc1cc(OC)c(OC)cc1OC)NCC(O)c1cccc(OC(C)C)c1. The molecule has 2 aromatic rings. The minimum atomic E-state index is -0.717. The molecule has 32 heavy (non-hydrogen) atoms. The Morgan fingerprint density at radius 2 is 1.66 bits per heavy atom. The fourth-order valence-electron chi connectivity index (χ4n) is 3.10. The summed E-state index contributed by atoms with van der Waals surface area (Å²) in [5.41, 5.74) is 1.62. The van der Waals surface area contributed by atoms with Crippen molar-refractivity contribution in [3.05, 3.63) is 47.5 Å². The Bertz CT molecular complexity index is 886. The highest BCUT2D eigenvalue weighted by Crippen LogP contribution is 2.34. The molecule has 0 bridgehead atoms. The van der Waals surface area contributed by atoms with E-state index in [2.05, 4.69) is 15.6 Å². The van der Waals surface area contributed by atoms with E-state index in [0.717, 1.165) is 16.9 Å². The number of aliphatic imine (C=N–C) groups is 1. The number of rotatable bonds is 11. The Morgan fingerprint density at radius 3 is 2.28 bits per heavy atom. The molecule has 0 radical (unpaired) electrons. The van der Waals surface area contributed by atoms with E-state index in [9.17, 15) is 5.11 Å². The Labute approximate surface area is 190 Å². The molecule has 2 rings (SSSR count). The summed E-state index contributed by atoms with van der Waals surface area (Å²) in [6, 6.07) is 11.1. The molecule has 8 nitrogen and oxygen atoms in total. The average molecular weight is 446 g/mol. The summed E-state index contributed by atoms with van der Waals surface area (Å²) in [7, 11) is 4.77. The number of aliphatic hydroxyl groups is 1. The molecule has 0 aromatic heterocycles. The molecule has 0 aliphatic heterocycles. The molecule has 176 valence electrons. The van der Waals surface area contributed by atoms with Gasteiger partial charge in [-0.2, -0.15) is 0 Å². The van der Waals surface area contributed by atoms with Crippen molar-refractivity contribution in [3.8, 4) is 23.0 Å². The van der Waals surface area contributed by atoms with E-state index in [0.29, 0.717) is 42.8 Å². The van der Waals surface area contributed by atoms with Crippen LogP contribution in [-0.2, 0) is 6.54 Å². The predicted molar refractivity (Wildman–Crippen MR) is 126 cm³/mol. The predicted octanol–water partition coefficient (Wildman–Crippen LogP) is 3.29. The third-order valence-electron chi connectivity index (χ3n) is 4.62. The molecule has 0 fully saturated rings. The van der Waals surface area contributed by atoms with E-state index in [1.54, 1.807) is 27.4 Å².